The van der Waals surface area contributed by atoms with Crippen LogP contribution in [-0.2, 0) is 17.0 Å². The number of nitrogens with one attached hydrogen (secondary N) is 3. The van der Waals surface area contributed by atoms with E-state index in [1.807, 2.05) is 0 Å². The number of carbonyl (C=O) groups excluding carboxylic acids is 2. The van der Waals surface area contributed by atoms with E-state index in [1.54, 1.807) is 17.8 Å². The van der Waals surface area contributed by atoms with Gasteiger partial charge in [-0.15, -0.1) is 0 Å². The molecule has 1 aliphatic rings. The first-order valence-corrected chi connectivity index (χ1v) is 7.76. The number of hydrogen-bond donors (Lipinski definition) is 3. The molecular formula is C14H17N3O3S. The van der Waals surface area contributed by atoms with Crippen LogP contribution in [0.2, 0.25) is 0 Å². The summed E-state index contributed by atoms with van der Waals surface area (Å²) in [5.74, 6) is 1.12. The van der Waals surface area contributed by atoms with Gasteiger partial charge in [-0.25, -0.2) is 0 Å². The van der Waals surface area contributed by atoms with Gasteiger partial charge in [0, 0.05) is 31.1 Å². The summed E-state index contributed by atoms with van der Waals surface area (Å²) in [5, 5.41) is 5.03. The van der Waals surface area contributed by atoms with Gasteiger partial charge in [-0.1, -0.05) is 6.08 Å². The average Bonchev–Trinajstić information content (AvgIpc) is 2.50. The van der Waals surface area contributed by atoms with Crippen LogP contribution in [0.25, 0.3) is 0 Å². The molecule has 2 heterocycles. The van der Waals surface area contributed by atoms with Crippen molar-refractivity contribution in [1.82, 2.24) is 15.6 Å². The molecule has 0 aliphatic carbocycles. The molecule has 0 saturated heterocycles. The number of aromatic nitrogens is 1. The Labute approximate surface area is 126 Å². The van der Waals surface area contributed by atoms with Gasteiger partial charge in [0.1, 0.15) is 5.56 Å². The number of pyridine rings is 1. The predicted octanol–water partition coefficient (Wildman–Crippen LogP) is 0.196. The minimum atomic E-state index is -0.434. The highest BCUT2D eigenvalue weighted by Crippen LogP contribution is 2.22. The number of carbonyl (C=O) groups is 2. The largest absolute Gasteiger partial charge is 0.356 e. The number of thioether (sulfide) groups is 1. The van der Waals surface area contributed by atoms with Crippen molar-refractivity contribution >= 4 is 23.6 Å². The standard InChI is InChI=1S/C14H17N3O3S/c1-15-12(18)3-2-5-16-13(19)10-7-9-8-21-6-4-11(9)17-14(10)20/h2-3,7H,4-6,8H2,1H3,(H,15,18)(H,16,19)(H,17,20)/b3-2+. The van der Waals surface area contributed by atoms with Crippen LogP contribution in [0, 0.1) is 0 Å². The maximum atomic E-state index is 12.0. The van der Waals surface area contributed by atoms with Gasteiger partial charge >= 0.3 is 0 Å². The number of likely N-dealkylation sites (N-methyl/N-ethyl adjacent to an activating group) is 1. The first-order valence-electron chi connectivity index (χ1n) is 6.61. The van der Waals surface area contributed by atoms with Crippen LogP contribution in [0.5, 0.6) is 0 Å². The SMILES string of the molecule is CNC(=O)/C=C/CNC(=O)c1cc2c([nH]c1=O)CCSC2. The van der Waals surface area contributed by atoms with E-state index in [9.17, 15) is 14.4 Å². The molecule has 0 saturated carbocycles. The monoisotopic (exact) mass is 307 g/mol. The lowest BCUT2D eigenvalue weighted by Crippen LogP contribution is -2.31. The molecule has 6 nitrogen and oxygen atoms in total. The first kappa shape index (κ1) is 15.4. The van der Waals surface area contributed by atoms with Crippen LogP contribution >= 0.6 is 11.8 Å². The molecule has 1 aliphatic heterocycles. The minimum Gasteiger partial charge on any atom is -0.356 e. The van der Waals surface area contributed by atoms with Crippen LogP contribution in [0.15, 0.2) is 23.0 Å². The summed E-state index contributed by atoms with van der Waals surface area (Å²) in [6.07, 6.45) is 3.68. The summed E-state index contributed by atoms with van der Waals surface area (Å²) in [5.41, 5.74) is 1.68. The van der Waals surface area contributed by atoms with Gasteiger partial charge in [0.25, 0.3) is 11.5 Å². The summed E-state index contributed by atoms with van der Waals surface area (Å²) in [6.45, 7) is 0.192. The zero-order chi connectivity index (χ0) is 15.2. The van der Waals surface area contributed by atoms with Crippen molar-refractivity contribution in [3.05, 3.63) is 45.4 Å². The molecule has 0 unspecified atom stereocenters. The number of aromatic amines is 1. The summed E-state index contributed by atoms with van der Waals surface area (Å²) in [4.78, 5) is 37.7. The second-order valence-corrected chi connectivity index (χ2v) is 5.65. The van der Waals surface area contributed by atoms with E-state index < -0.39 is 5.91 Å². The molecule has 0 bridgehead atoms. The highest BCUT2D eigenvalue weighted by atomic mass is 32.2. The molecule has 7 heteroatoms. The summed E-state index contributed by atoms with van der Waals surface area (Å²) in [6, 6.07) is 1.66. The van der Waals surface area contributed by atoms with Gasteiger partial charge in [0.05, 0.1) is 0 Å². The maximum Gasteiger partial charge on any atom is 0.261 e. The van der Waals surface area contributed by atoms with Crippen molar-refractivity contribution in [3.8, 4) is 0 Å². The van der Waals surface area contributed by atoms with Crippen LogP contribution in [0.1, 0.15) is 21.6 Å². The Hall–Kier alpha value is -2.02. The van der Waals surface area contributed by atoms with E-state index in [0.717, 1.165) is 29.2 Å². The topological polar surface area (TPSA) is 91.1 Å². The molecule has 21 heavy (non-hydrogen) atoms. The van der Waals surface area contributed by atoms with Crippen LogP contribution in [-0.4, -0.2) is 36.1 Å². The lowest BCUT2D eigenvalue weighted by molar-refractivity contribution is -0.116. The molecular weight excluding hydrogens is 290 g/mol. The Morgan fingerprint density at radius 1 is 1.48 bits per heavy atom. The molecule has 3 N–H and O–H groups in total. The molecule has 0 aromatic carbocycles. The fourth-order valence-electron chi connectivity index (χ4n) is 1.98. The number of fused-ring (bicyclic) bond motifs is 1. The van der Waals surface area contributed by atoms with Crippen LogP contribution in [0.3, 0.4) is 0 Å². The van der Waals surface area contributed by atoms with Gasteiger partial charge in [-0.2, -0.15) is 11.8 Å². The number of amides is 2. The third kappa shape index (κ3) is 3.98. The number of H-pyrrole nitrogens is 1. The Morgan fingerprint density at radius 2 is 2.29 bits per heavy atom. The molecule has 2 amide bonds. The van der Waals surface area contributed by atoms with Gasteiger partial charge in [-0.05, 0) is 23.8 Å². The highest BCUT2D eigenvalue weighted by Gasteiger charge is 2.16. The highest BCUT2D eigenvalue weighted by molar-refractivity contribution is 7.98. The third-order valence-corrected chi connectivity index (χ3v) is 4.12. The molecule has 0 atom stereocenters. The molecule has 2 rings (SSSR count). The summed E-state index contributed by atoms with van der Waals surface area (Å²) in [7, 11) is 1.52. The van der Waals surface area contributed by atoms with Crippen molar-refractivity contribution in [1.29, 1.82) is 0 Å². The summed E-state index contributed by atoms with van der Waals surface area (Å²) < 4.78 is 0. The zero-order valence-corrected chi connectivity index (χ0v) is 12.5. The van der Waals surface area contributed by atoms with Crippen molar-refractivity contribution in [2.24, 2.45) is 0 Å². The molecule has 1 aromatic heterocycles. The van der Waals surface area contributed by atoms with Gasteiger partial charge < -0.3 is 15.6 Å². The van der Waals surface area contributed by atoms with E-state index >= 15 is 0 Å². The Morgan fingerprint density at radius 3 is 3.05 bits per heavy atom. The van der Waals surface area contributed by atoms with E-state index in [4.69, 9.17) is 0 Å². The van der Waals surface area contributed by atoms with Crippen molar-refractivity contribution in [3.63, 3.8) is 0 Å². The van der Waals surface area contributed by atoms with Crippen LogP contribution in [0.4, 0.5) is 0 Å². The molecule has 112 valence electrons. The normalized spacial score (nSPS) is 13.8. The quantitative estimate of drug-likeness (QED) is 0.693. The van der Waals surface area contributed by atoms with Gasteiger partial charge in [0.2, 0.25) is 5.91 Å². The molecule has 0 radical (unpaired) electrons. The van der Waals surface area contributed by atoms with Crippen molar-refractivity contribution < 1.29 is 9.59 Å². The fourth-order valence-corrected chi connectivity index (χ4v) is 2.95. The van der Waals surface area contributed by atoms with E-state index in [1.165, 1.54) is 19.2 Å². The molecule has 0 fully saturated rings. The second kappa shape index (κ2) is 7.12. The molecule has 0 spiro atoms. The van der Waals surface area contributed by atoms with Gasteiger partial charge in [-0.3, -0.25) is 14.4 Å². The average molecular weight is 307 g/mol. The third-order valence-electron chi connectivity index (χ3n) is 3.11. The Bertz CT molecular complexity index is 637. The van der Waals surface area contributed by atoms with Crippen LogP contribution < -0.4 is 16.2 Å². The maximum absolute atomic E-state index is 12.0. The smallest absolute Gasteiger partial charge is 0.261 e. The summed E-state index contributed by atoms with van der Waals surface area (Å²) >= 11 is 1.78. The van der Waals surface area contributed by atoms with E-state index in [0.29, 0.717) is 0 Å². The first-order chi connectivity index (χ1) is 10.1. The number of rotatable bonds is 4. The van der Waals surface area contributed by atoms with Crippen molar-refractivity contribution in [2.45, 2.75) is 12.2 Å². The van der Waals surface area contributed by atoms with E-state index in [2.05, 4.69) is 15.6 Å². The predicted molar refractivity (Wildman–Crippen MR) is 82.5 cm³/mol. The fraction of sp³-hybridized carbons (Fsp3) is 0.357. The van der Waals surface area contributed by atoms with Gasteiger partial charge in [0.15, 0.2) is 0 Å². The lowest BCUT2D eigenvalue weighted by Gasteiger charge is -2.15. The Kier molecular flexibility index (Phi) is 5.21. The van der Waals surface area contributed by atoms with Crippen molar-refractivity contribution in [2.75, 3.05) is 19.3 Å². The lowest BCUT2D eigenvalue weighted by atomic mass is 10.1. The second-order valence-electron chi connectivity index (χ2n) is 4.55. The van der Waals surface area contributed by atoms with E-state index in [-0.39, 0.29) is 23.6 Å². The zero-order valence-electron chi connectivity index (χ0n) is 11.7. The minimum absolute atomic E-state index is 0.115. The molecule has 1 aromatic rings. The number of aryl methyl sites for hydroxylation is 1. The Balaban J connectivity index is 2.04. The number of hydrogen-bond acceptors (Lipinski definition) is 4.